The van der Waals surface area contributed by atoms with Crippen LogP contribution < -0.4 is 11.1 Å². The number of hydrogen-bond acceptors (Lipinski definition) is 4. The highest BCUT2D eigenvalue weighted by atomic mass is 79.9. The van der Waals surface area contributed by atoms with Gasteiger partial charge in [-0.3, -0.25) is 0 Å². The molecule has 2 aromatic rings. The Hall–Kier alpha value is -1.84. The van der Waals surface area contributed by atoms with Crippen LogP contribution in [0.2, 0.25) is 5.02 Å². The fraction of sp³-hybridized carbons (Fsp3) is 0. The van der Waals surface area contributed by atoms with Gasteiger partial charge in [0.25, 0.3) is 0 Å². The van der Waals surface area contributed by atoms with E-state index < -0.39 is 5.82 Å². The molecule has 7 heteroatoms. The van der Waals surface area contributed by atoms with Crippen molar-refractivity contribution in [3.8, 4) is 6.07 Å². The van der Waals surface area contributed by atoms with Crippen molar-refractivity contribution < 1.29 is 4.39 Å². The number of nitriles is 1. The van der Waals surface area contributed by atoms with E-state index in [1.165, 1.54) is 24.4 Å². The van der Waals surface area contributed by atoms with E-state index in [4.69, 9.17) is 22.6 Å². The maximum absolute atomic E-state index is 13.1. The highest BCUT2D eigenvalue weighted by Crippen LogP contribution is 2.34. The normalized spacial score (nSPS) is 10.0. The van der Waals surface area contributed by atoms with Crippen LogP contribution in [0, 0.1) is 17.1 Å². The first kappa shape index (κ1) is 13.6. The SMILES string of the molecule is N#Cc1cnc(Nc2c(Cl)cc(F)cc2Br)c(N)c1. The Labute approximate surface area is 122 Å². The average Bonchev–Trinajstić information content (AvgIpc) is 2.35. The van der Waals surface area contributed by atoms with E-state index in [1.807, 2.05) is 6.07 Å². The zero-order valence-electron chi connectivity index (χ0n) is 9.42. The fourth-order valence-electron chi connectivity index (χ4n) is 1.43. The summed E-state index contributed by atoms with van der Waals surface area (Å²) in [6.45, 7) is 0. The minimum atomic E-state index is -0.455. The number of aromatic nitrogens is 1. The molecule has 1 aromatic heterocycles. The molecule has 0 radical (unpaired) electrons. The van der Waals surface area contributed by atoms with Gasteiger partial charge in [-0.05, 0) is 34.1 Å². The number of nitrogens with zero attached hydrogens (tertiary/aromatic N) is 2. The predicted octanol–water partition coefficient (Wildman–Crippen LogP) is 3.83. The molecule has 0 saturated carbocycles. The molecule has 19 heavy (non-hydrogen) atoms. The van der Waals surface area contributed by atoms with Gasteiger partial charge in [0.2, 0.25) is 0 Å². The Balaban J connectivity index is 2.40. The second-order valence-corrected chi connectivity index (χ2v) is 4.90. The number of anilines is 3. The summed E-state index contributed by atoms with van der Waals surface area (Å²) >= 11 is 9.14. The Bertz CT molecular complexity index is 661. The molecule has 1 aromatic carbocycles. The highest BCUT2D eigenvalue weighted by Gasteiger charge is 2.11. The molecule has 0 bridgehead atoms. The summed E-state index contributed by atoms with van der Waals surface area (Å²) in [7, 11) is 0. The van der Waals surface area contributed by atoms with E-state index in [0.29, 0.717) is 27.2 Å². The highest BCUT2D eigenvalue weighted by molar-refractivity contribution is 9.10. The number of hydrogen-bond donors (Lipinski definition) is 2. The summed E-state index contributed by atoms with van der Waals surface area (Å²) in [5.74, 6) is -0.114. The molecule has 4 nitrogen and oxygen atoms in total. The number of benzene rings is 1. The van der Waals surface area contributed by atoms with Crippen LogP contribution in [0.15, 0.2) is 28.9 Å². The summed E-state index contributed by atoms with van der Waals surface area (Å²) < 4.78 is 13.6. The largest absolute Gasteiger partial charge is 0.396 e. The number of nitrogen functional groups attached to an aromatic ring is 1. The number of pyridine rings is 1. The molecule has 0 unspecified atom stereocenters. The maximum atomic E-state index is 13.1. The first-order valence-electron chi connectivity index (χ1n) is 5.08. The number of rotatable bonds is 2. The molecule has 96 valence electrons. The first-order chi connectivity index (χ1) is 9.01. The lowest BCUT2D eigenvalue weighted by atomic mass is 10.2. The Morgan fingerprint density at radius 3 is 2.74 bits per heavy atom. The third-order valence-electron chi connectivity index (χ3n) is 2.30. The predicted molar refractivity (Wildman–Crippen MR) is 75.8 cm³/mol. The van der Waals surface area contributed by atoms with E-state index in [2.05, 4.69) is 26.2 Å². The van der Waals surface area contributed by atoms with Crippen molar-refractivity contribution in [3.05, 3.63) is 45.3 Å². The lowest BCUT2D eigenvalue weighted by Crippen LogP contribution is -2.01. The number of nitrogens with one attached hydrogen (secondary N) is 1. The van der Waals surface area contributed by atoms with Crippen LogP contribution in [0.4, 0.5) is 21.6 Å². The number of halogens is 3. The second kappa shape index (κ2) is 5.43. The molecule has 0 aliphatic rings. The van der Waals surface area contributed by atoms with Crippen LogP contribution in [0.25, 0.3) is 0 Å². The van der Waals surface area contributed by atoms with Gasteiger partial charge in [-0.1, -0.05) is 11.6 Å². The van der Waals surface area contributed by atoms with E-state index in [0.717, 1.165) is 0 Å². The van der Waals surface area contributed by atoms with Crippen molar-refractivity contribution in [2.24, 2.45) is 0 Å². The van der Waals surface area contributed by atoms with Crippen LogP contribution in [0.5, 0.6) is 0 Å². The Morgan fingerprint density at radius 1 is 1.42 bits per heavy atom. The van der Waals surface area contributed by atoms with Crippen LogP contribution >= 0.6 is 27.5 Å². The van der Waals surface area contributed by atoms with Crippen LogP contribution in [-0.4, -0.2) is 4.98 Å². The monoisotopic (exact) mass is 340 g/mol. The maximum Gasteiger partial charge on any atom is 0.153 e. The molecule has 2 rings (SSSR count). The van der Waals surface area contributed by atoms with E-state index >= 15 is 0 Å². The molecule has 0 spiro atoms. The molecule has 1 heterocycles. The average molecular weight is 342 g/mol. The third-order valence-corrected chi connectivity index (χ3v) is 3.22. The Kier molecular flexibility index (Phi) is 3.88. The standard InChI is InChI=1S/C12H7BrClFN4/c13-8-2-7(15)3-9(14)11(8)19-12-10(17)1-6(4-16)5-18-12/h1-3,5H,17H2,(H,18,19). The van der Waals surface area contributed by atoms with Crippen LogP contribution in [-0.2, 0) is 0 Å². The van der Waals surface area contributed by atoms with Crippen molar-refractivity contribution in [1.29, 1.82) is 5.26 Å². The lowest BCUT2D eigenvalue weighted by molar-refractivity contribution is 0.627. The van der Waals surface area contributed by atoms with Gasteiger partial charge >= 0.3 is 0 Å². The van der Waals surface area contributed by atoms with Crippen molar-refractivity contribution in [3.63, 3.8) is 0 Å². The van der Waals surface area contributed by atoms with E-state index in [1.54, 1.807) is 0 Å². The zero-order valence-corrected chi connectivity index (χ0v) is 11.8. The van der Waals surface area contributed by atoms with Crippen molar-refractivity contribution in [1.82, 2.24) is 4.98 Å². The molecule has 0 saturated heterocycles. The van der Waals surface area contributed by atoms with E-state index in [9.17, 15) is 4.39 Å². The summed E-state index contributed by atoms with van der Waals surface area (Å²) in [6.07, 6.45) is 1.38. The minimum absolute atomic E-state index is 0.192. The summed E-state index contributed by atoms with van der Waals surface area (Å²) in [6, 6.07) is 5.87. The van der Waals surface area contributed by atoms with Gasteiger partial charge in [0.05, 0.1) is 22.0 Å². The molecule has 0 fully saturated rings. The Morgan fingerprint density at radius 2 is 2.16 bits per heavy atom. The zero-order chi connectivity index (χ0) is 14.0. The topological polar surface area (TPSA) is 74.7 Å². The van der Waals surface area contributed by atoms with E-state index in [-0.39, 0.29) is 5.02 Å². The van der Waals surface area contributed by atoms with Crippen molar-refractivity contribution in [2.45, 2.75) is 0 Å². The summed E-state index contributed by atoms with van der Waals surface area (Å²) in [5, 5.41) is 11.8. The van der Waals surface area contributed by atoms with Gasteiger partial charge < -0.3 is 11.1 Å². The quantitative estimate of drug-likeness (QED) is 0.870. The van der Waals surface area contributed by atoms with Gasteiger partial charge in [0.15, 0.2) is 5.82 Å². The minimum Gasteiger partial charge on any atom is -0.396 e. The smallest absolute Gasteiger partial charge is 0.153 e. The number of nitrogens with two attached hydrogens (primary N) is 1. The second-order valence-electron chi connectivity index (χ2n) is 3.64. The van der Waals surface area contributed by atoms with Crippen molar-refractivity contribution >= 4 is 44.7 Å². The van der Waals surface area contributed by atoms with Crippen LogP contribution in [0.1, 0.15) is 5.56 Å². The van der Waals surface area contributed by atoms with Crippen molar-refractivity contribution in [2.75, 3.05) is 11.1 Å². The van der Waals surface area contributed by atoms with Gasteiger partial charge in [-0.25, -0.2) is 9.37 Å². The molecule has 0 atom stereocenters. The van der Waals surface area contributed by atoms with Crippen LogP contribution in [0.3, 0.4) is 0 Å². The first-order valence-corrected chi connectivity index (χ1v) is 6.25. The molecule has 3 N–H and O–H groups in total. The summed E-state index contributed by atoms with van der Waals surface area (Å²) in [4.78, 5) is 4.02. The van der Waals surface area contributed by atoms with Gasteiger partial charge in [-0.15, -0.1) is 0 Å². The molecular formula is C12H7BrClFN4. The van der Waals surface area contributed by atoms with Gasteiger partial charge in [0.1, 0.15) is 11.9 Å². The molecular weight excluding hydrogens is 335 g/mol. The third kappa shape index (κ3) is 2.95. The molecule has 0 aliphatic carbocycles. The summed E-state index contributed by atoms with van der Waals surface area (Å²) in [5.41, 5.74) is 6.87. The fourth-order valence-corrected chi connectivity index (χ4v) is 2.33. The lowest BCUT2D eigenvalue weighted by Gasteiger charge is -2.11. The van der Waals surface area contributed by atoms with Gasteiger partial charge in [0, 0.05) is 10.7 Å². The molecule has 0 aliphatic heterocycles. The van der Waals surface area contributed by atoms with Gasteiger partial charge in [-0.2, -0.15) is 5.26 Å². The molecule has 0 amide bonds.